The van der Waals surface area contributed by atoms with Crippen molar-refractivity contribution in [1.82, 2.24) is 9.62 Å². The zero-order valence-electron chi connectivity index (χ0n) is 12.5. The maximum absolute atomic E-state index is 12.4. The van der Waals surface area contributed by atoms with E-state index in [1.807, 2.05) is 13.1 Å². The summed E-state index contributed by atoms with van der Waals surface area (Å²) >= 11 is 0. The van der Waals surface area contributed by atoms with E-state index in [-0.39, 0.29) is 11.3 Å². The predicted octanol–water partition coefficient (Wildman–Crippen LogP) is 1.46. The van der Waals surface area contributed by atoms with E-state index < -0.39 is 10.0 Å². The third-order valence-corrected chi connectivity index (χ3v) is 6.11. The number of hydrogen-bond donors (Lipinski definition) is 1. The van der Waals surface area contributed by atoms with E-state index in [9.17, 15) is 8.42 Å². The van der Waals surface area contributed by atoms with Crippen LogP contribution < -0.4 is 5.32 Å². The second kappa shape index (κ2) is 6.14. The summed E-state index contributed by atoms with van der Waals surface area (Å²) in [5, 5.41) is 12.0. The molecule has 2 rings (SSSR count). The molecule has 114 valence electrons. The zero-order valence-corrected chi connectivity index (χ0v) is 13.3. The van der Waals surface area contributed by atoms with Gasteiger partial charge in [-0.15, -0.1) is 0 Å². The van der Waals surface area contributed by atoms with Crippen LogP contribution in [0.1, 0.15) is 30.9 Å². The molecule has 21 heavy (non-hydrogen) atoms. The maximum atomic E-state index is 12.4. The van der Waals surface area contributed by atoms with E-state index in [1.54, 1.807) is 28.6 Å². The van der Waals surface area contributed by atoms with Crippen molar-refractivity contribution in [3.8, 4) is 6.07 Å². The molecule has 0 aliphatic carbocycles. The van der Waals surface area contributed by atoms with Crippen molar-refractivity contribution in [2.24, 2.45) is 0 Å². The minimum atomic E-state index is -3.29. The molecule has 6 heteroatoms. The van der Waals surface area contributed by atoms with Crippen molar-refractivity contribution in [2.45, 2.75) is 31.1 Å². The van der Waals surface area contributed by atoms with E-state index in [0.29, 0.717) is 18.7 Å². The highest BCUT2D eigenvalue weighted by atomic mass is 32.2. The Morgan fingerprint density at radius 3 is 2.33 bits per heavy atom. The number of sulfonamides is 1. The number of benzene rings is 1. The quantitative estimate of drug-likeness (QED) is 0.914. The standard InChI is InChI=1S/C15H21N3O2S/c1-15(17-2)7-9-18(10-8-15)21(19,20)12-14-5-3-13(11-16)4-6-14/h3-6,17H,7-10,12H2,1-2H3. The van der Waals surface area contributed by atoms with E-state index in [1.165, 1.54) is 0 Å². The fraction of sp³-hybridized carbons (Fsp3) is 0.533. The van der Waals surface area contributed by atoms with Gasteiger partial charge in [-0.1, -0.05) is 12.1 Å². The smallest absolute Gasteiger partial charge is 0.218 e. The summed E-state index contributed by atoms with van der Waals surface area (Å²) in [4.78, 5) is 0. The molecule has 1 heterocycles. The van der Waals surface area contributed by atoms with Crippen molar-refractivity contribution >= 4 is 10.0 Å². The molecule has 0 atom stereocenters. The number of rotatable bonds is 4. The van der Waals surface area contributed by atoms with Crippen molar-refractivity contribution in [3.05, 3.63) is 35.4 Å². The van der Waals surface area contributed by atoms with Crippen LogP contribution in [0.25, 0.3) is 0 Å². The van der Waals surface area contributed by atoms with Gasteiger partial charge < -0.3 is 5.32 Å². The minimum Gasteiger partial charge on any atom is -0.314 e. The first-order valence-electron chi connectivity index (χ1n) is 7.04. The molecule has 1 aliphatic heterocycles. The average molecular weight is 307 g/mol. The van der Waals surface area contributed by atoms with Crippen LogP contribution in [0.4, 0.5) is 0 Å². The SMILES string of the molecule is CNC1(C)CCN(S(=O)(=O)Cc2ccc(C#N)cc2)CC1. The fourth-order valence-electron chi connectivity index (χ4n) is 2.49. The Balaban J connectivity index is 2.04. The van der Waals surface area contributed by atoms with Gasteiger partial charge in [0.05, 0.1) is 17.4 Å². The largest absolute Gasteiger partial charge is 0.314 e. The molecule has 0 bridgehead atoms. The summed E-state index contributed by atoms with van der Waals surface area (Å²) in [5.74, 6) is -0.00498. The first-order chi connectivity index (χ1) is 9.88. The Hall–Kier alpha value is -1.42. The molecule has 5 nitrogen and oxygen atoms in total. The van der Waals surface area contributed by atoms with E-state index in [2.05, 4.69) is 12.2 Å². The van der Waals surface area contributed by atoms with Crippen LogP contribution in [-0.2, 0) is 15.8 Å². The minimum absolute atomic E-state index is 0.00498. The molecule has 0 aromatic heterocycles. The highest BCUT2D eigenvalue weighted by Gasteiger charge is 2.33. The van der Waals surface area contributed by atoms with Crippen molar-refractivity contribution in [3.63, 3.8) is 0 Å². The van der Waals surface area contributed by atoms with E-state index in [4.69, 9.17) is 5.26 Å². The van der Waals surface area contributed by atoms with Gasteiger partial charge in [0.2, 0.25) is 10.0 Å². The normalized spacial score (nSPS) is 19.1. The lowest BCUT2D eigenvalue weighted by molar-refractivity contribution is 0.219. The number of hydrogen-bond acceptors (Lipinski definition) is 4. The summed E-state index contributed by atoms with van der Waals surface area (Å²) in [7, 11) is -1.37. The lowest BCUT2D eigenvalue weighted by Gasteiger charge is -2.38. The molecule has 1 aromatic carbocycles. The molecule has 1 fully saturated rings. The van der Waals surface area contributed by atoms with Gasteiger partial charge in [-0.3, -0.25) is 0 Å². The molecule has 0 radical (unpaired) electrons. The van der Waals surface area contributed by atoms with Gasteiger partial charge in [0, 0.05) is 18.6 Å². The monoisotopic (exact) mass is 307 g/mol. The number of nitrogens with one attached hydrogen (secondary N) is 1. The summed E-state index contributed by atoms with van der Waals surface area (Å²) in [5.41, 5.74) is 1.29. The molecule has 0 unspecified atom stereocenters. The van der Waals surface area contributed by atoms with E-state index >= 15 is 0 Å². The lowest BCUT2D eigenvalue weighted by Crippen LogP contribution is -2.51. The Morgan fingerprint density at radius 2 is 1.86 bits per heavy atom. The van der Waals surface area contributed by atoms with Gasteiger partial charge in [0.15, 0.2) is 0 Å². The average Bonchev–Trinajstić information content (AvgIpc) is 2.48. The molecule has 0 saturated carbocycles. The second-order valence-corrected chi connectivity index (χ2v) is 7.74. The van der Waals surface area contributed by atoms with Gasteiger partial charge >= 0.3 is 0 Å². The molecule has 0 amide bonds. The topological polar surface area (TPSA) is 73.2 Å². The molecular weight excluding hydrogens is 286 g/mol. The van der Waals surface area contributed by atoms with Crippen LogP contribution in [0, 0.1) is 11.3 Å². The van der Waals surface area contributed by atoms with Crippen molar-refractivity contribution < 1.29 is 8.42 Å². The van der Waals surface area contributed by atoms with Crippen molar-refractivity contribution in [1.29, 1.82) is 5.26 Å². The van der Waals surface area contributed by atoms with Gasteiger partial charge in [0.1, 0.15) is 0 Å². The van der Waals surface area contributed by atoms with Crippen LogP contribution in [0.5, 0.6) is 0 Å². The Labute approximate surface area is 126 Å². The highest BCUT2D eigenvalue weighted by Crippen LogP contribution is 2.24. The summed E-state index contributed by atoms with van der Waals surface area (Å²) < 4.78 is 26.5. The van der Waals surface area contributed by atoms with Crippen LogP contribution in [0.2, 0.25) is 0 Å². The Kier molecular flexibility index (Phi) is 4.67. The predicted molar refractivity (Wildman–Crippen MR) is 82.1 cm³/mol. The number of nitriles is 1. The number of nitrogens with zero attached hydrogens (tertiary/aromatic N) is 2. The first-order valence-corrected chi connectivity index (χ1v) is 8.65. The molecule has 1 N–H and O–H groups in total. The highest BCUT2D eigenvalue weighted by molar-refractivity contribution is 7.88. The van der Waals surface area contributed by atoms with Crippen LogP contribution in [0.3, 0.4) is 0 Å². The molecule has 1 saturated heterocycles. The summed E-state index contributed by atoms with van der Waals surface area (Å²) in [6.45, 7) is 3.23. The zero-order chi connectivity index (χ0) is 15.5. The van der Waals surface area contributed by atoms with Gasteiger partial charge in [-0.05, 0) is 44.5 Å². The number of piperidine rings is 1. The molecular formula is C15H21N3O2S. The third kappa shape index (κ3) is 3.82. The van der Waals surface area contributed by atoms with Crippen LogP contribution in [-0.4, -0.2) is 38.4 Å². The van der Waals surface area contributed by atoms with Gasteiger partial charge in [-0.2, -0.15) is 5.26 Å². The van der Waals surface area contributed by atoms with Gasteiger partial charge in [0.25, 0.3) is 0 Å². The Bertz CT molecular complexity index is 624. The second-order valence-electron chi connectivity index (χ2n) is 5.77. The fourth-order valence-corrected chi connectivity index (χ4v) is 4.02. The Morgan fingerprint density at radius 1 is 1.29 bits per heavy atom. The first kappa shape index (κ1) is 16.0. The molecule has 1 aromatic rings. The van der Waals surface area contributed by atoms with Crippen LogP contribution >= 0.6 is 0 Å². The lowest BCUT2D eigenvalue weighted by atomic mass is 9.91. The summed E-state index contributed by atoms with van der Waals surface area (Å²) in [6.07, 6.45) is 1.63. The molecule has 0 spiro atoms. The maximum Gasteiger partial charge on any atom is 0.218 e. The molecule has 1 aliphatic rings. The summed E-state index contributed by atoms with van der Waals surface area (Å²) in [6, 6.07) is 8.75. The van der Waals surface area contributed by atoms with Crippen LogP contribution in [0.15, 0.2) is 24.3 Å². The van der Waals surface area contributed by atoms with E-state index in [0.717, 1.165) is 18.4 Å². The van der Waals surface area contributed by atoms with Gasteiger partial charge in [-0.25, -0.2) is 12.7 Å². The third-order valence-electron chi connectivity index (χ3n) is 4.26. The van der Waals surface area contributed by atoms with Crippen molar-refractivity contribution in [2.75, 3.05) is 20.1 Å².